The van der Waals surface area contributed by atoms with Crippen molar-refractivity contribution >= 4 is 17.5 Å². The van der Waals surface area contributed by atoms with Crippen LogP contribution >= 0.6 is 11.8 Å². The third kappa shape index (κ3) is 2.37. The molecule has 1 aliphatic carbocycles. The van der Waals surface area contributed by atoms with Crippen molar-refractivity contribution in [1.82, 2.24) is 0 Å². The summed E-state index contributed by atoms with van der Waals surface area (Å²) < 4.78 is 0. The first-order valence-corrected chi connectivity index (χ1v) is 6.22. The summed E-state index contributed by atoms with van der Waals surface area (Å²) in [6.45, 7) is 0. The van der Waals surface area contributed by atoms with Gasteiger partial charge in [-0.1, -0.05) is 19.3 Å². The Balaban J connectivity index is 2.01. The van der Waals surface area contributed by atoms with Crippen LogP contribution in [-0.2, 0) is 4.79 Å². The number of allylic oxidation sites excluding steroid dienone is 2. The molecular weight excluding hydrogens is 180 g/mol. The average molecular weight is 196 g/mol. The Bertz CT molecular complexity index is 226. The second-order valence-corrected chi connectivity index (χ2v) is 5.11. The van der Waals surface area contributed by atoms with Crippen LogP contribution in [0.4, 0.5) is 0 Å². The van der Waals surface area contributed by atoms with Gasteiger partial charge in [0.25, 0.3) is 0 Å². The van der Waals surface area contributed by atoms with E-state index in [9.17, 15) is 4.79 Å². The zero-order valence-electron chi connectivity index (χ0n) is 7.92. The summed E-state index contributed by atoms with van der Waals surface area (Å²) in [6, 6.07) is 0. The molecule has 0 N–H and O–H groups in total. The van der Waals surface area contributed by atoms with Crippen molar-refractivity contribution in [3.63, 3.8) is 0 Å². The zero-order valence-corrected chi connectivity index (χ0v) is 8.74. The van der Waals surface area contributed by atoms with E-state index in [0.717, 1.165) is 18.1 Å². The molecule has 0 unspecified atom stereocenters. The molecule has 0 saturated heterocycles. The summed E-state index contributed by atoms with van der Waals surface area (Å²) in [5, 5.41) is 0. The van der Waals surface area contributed by atoms with Crippen molar-refractivity contribution in [2.24, 2.45) is 5.92 Å². The van der Waals surface area contributed by atoms with Gasteiger partial charge in [0.1, 0.15) is 0 Å². The maximum atomic E-state index is 11.2. The van der Waals surface area contributed by atoms with Crippen molar-refractivity contribution in [3.8, 4) is 0 Å². The normalized spacial score (nSPS) is 25.8. The van der Waals surface area contributed by atoms with Crippen LogP contribution in [0.2, 0.25) is 0 Å². The molecule has 0 atom stereocenters. The molecule has 1 nitrogen and oxygen atoms in total. The van der Waals surface area contributed by atoms with Gasteiger partial charge in [-0.15, -0.1) is 11.8 Å². The predicted octanol–water partition coefficient (Wildman–Crippen LogP) is 3.16. The van der Waals surface area contributed by atoms with Crippen LogP contribution in [-0.4, -0.2) is 11.5 Å². The van der Waals surface area contributed by atoms with E-state index in [0.29, 0.717) is 5.78 Å². The van der Waals surface area contributed by atoms with Crippen LogP contribution < -0.4 is 0 Å². The van der Waals surface area contributed by atoms with E-state index in [1.807, 2.05) is 17.8 Å². The lowest BCUT2D eigenvalue weighted by molar-refractivity contribution is -0.114. The molecule has 1 aliphatic heterocycles. The maximum Gasteiger partial charge on any atom is 0.157 e. The van der Waals surface area contributed by atoms with E-state index in [1.165, 1.54) is 37.0 Å². The highest BCUT2D eigenvalue weighted by Crippen LogP contribution is 2.37. The Hall–Kier alpha value is -0.240. The number of thioether (sulfide) groups is 1. The largest absolute Gasteiger partial charge is 0.295 e. The molecule has 0 aromatic carbocycles. The quantitative estimate of drug-likeness (QED) is 0.641. The first-order valence-electron chi connectivity index (χ1n) is 5.23. The monoisotopic (exact) mass is 196 g/mol. The second kappa shape index (κ2) is 4.32. The molecule has 2 heteroatoms. The topological polar surface area (TPSA) is 17.1 Å². The minimum Gasteiger partial charge on any atom is -0.295 e. The molecule has 1 fully saturated rings. The Labute approximate surface area is 84.0 Å². The lowest BCUT2D eigenvalue weighted by Gasteiger charge is -2.25. The van der Waals surface area contributed by atoms with Crippen molar-refractivity contribution in [1.29, 1.82) is 0 Å². The van der Waals surface area contributed by atoms with Crippen molar-refractivity contribution in [3.05, 3.63) is 11.0 Å². The first-order chi connectivity index (χ1) is 6.36. The molecule has 0 aromatic rings. The lowest BCUT2D eigenvalue weighted by Crippen LogP contribution is -2.12. The molecule has 0 bridgehead atoms. The predicted molar refractivity (Wildman–Crippen MR) is 56.7 cm³/mol. The van der Waals surface area contributed by atoms with Crippen LogP contribution in [0.3, 0.4) is 0 Å². The van der Waals surface area contributed by atoms with E-state index >= 15 is 0 Å². The molecule has 1 heterocycles. The Morgan fingerprint density at radius 1 is 1.23 bits per heavy atom. The number of rotatable bonds is 1. The molecule has 1 saturated carbocycles. The third-order valence-corrected chi connectivity index (χ3v) is 4.12. The summed E-state index contributed by atoms with van der Waals surface area (Å²) in [4.78, 5) is 12.6. The van der Waals surface area contributed by atoms with E-state index in [4.69, 9.17) is 0 Å². The third-order valence-electron chi connectivity index (χ3n) is 2.93. The van der Waals surface area contributed by atoms with Crippen molar-refractivity contribution in [2.75, 3.05) is 5.75 Å². The minimum atomic E-state index is 0.347. The van der Waals surface area contributed by atoms with E-state index in [-0.39, 0.29) is 0 Å². The van der Waals surface area contributed by atoms with Gasteiger partial charge in [0.05, 0.1) is 0 Å². The standard InChI is InChI=1S/C11H16OS/c12-10-6-7-13-11(8-10)9-4-2-1-3-5-9/h8-9H,1-7H2. The molecule has 0 spiro atoms. The van der Waals surface area contributed by atoms with Gasteiger partial charge in [0.15, 0.2) is 5.78 Å². The van der Waals surface area contributed by atoms with Crippen molar-refractivity contribution < 1.29 is 4.79 Å². The van der Waals surface area contributed by atoms with Gasteiger partial charge < -0.3 is 0 Å². The van der Waals surface area contributed by atoms with Gasteiger partial charge in [-0.2, -0.15) is 0 Å². The SMILES string of the molecule is O=C1C=C(C2CCCCC2)SCC1. The summed E-state index contributed by atoms with van der Waals surface area (Å²) in [5.41, 5.74) is 0. The van der Waals surface area contributed by atoms with Crippen LogP contribution in [0, 0.1) is 5.92 Å². The van der Waals surface area contributed by atoms with Crippen LogP contribution in [0.25, 0.3) is 0 Å². The molecular formula is C11H16OS. The maximum absolute atomic E-state index is 11.2. The van der Waals surface area contributed by atoms with Gasteiger partial charge in [-0.05, 0) is 29.7 Å². The Morgan fingerprint density at radius 2 is 2.00 bits per heavy atom. The Kier molecular flexibility index (Phi) is 3.09. The fourth-order valence-corrected chi connectivity index (χ4v) is 3.39. The first kappa shape index (κ1) is 9.32. The summed E-state index contributed by atoms with van der Waals surface area (Å²) in [7, 11) is 0. The van der Waals surface area contributed by atoms with E-state index in [2.05, 4.69) is 0 Å². The number of hydrogen-bond acceptors (Lipinski definition) is 2. The molecule has 2 aliphatic rings. The van der Waals surface area contributed by atoms with Gasteiger partial charge in [-0.25, -0.2) is 0 Å². The van der Waals surface area contributed by atoms with Crippen LogP contribution in [0.5, 0.6) is 0 Å². The van der Waals surface area contributed by atoms with Gasteiger partial charge in [0, 0.05) is 12.2 Å². The van der Waals surface area contributed by atoms with E-state index < -0.39 is 0 Å². The summed E-state index contributed by atoms with van der Waals surface area (Å²) in [5.74, 6) is 2.09. The van der Waals surface area contributed by atoms with Gasteiger partial charge >= 0.3 is 0 Å². The highest BCUT2D eigenvalue weighted by molar-refractivity contribution is 8.03. The molecule has 2 rings (SSSR count). The molecule has 0 aromatic heterocycles. The number of hydrogen-bond donors (Lipinski definition) is 0. The van der Waals surface area contributed by atoms with Crippen LogP contribution in [0.1, 0.15) is 38.5 Å². The summed E-state index contributed by atoms with van der Waals surface area (Å²) in [6.07, 6.45) is 9.39. The number of carbonyl (C=O) groups is 1. The highest BCUT2D eigenvalue weighted by atomic mass is 32.2. The molecule has 13 heavy (non-hydrogen) atoms. The number of ketones is 1. The zero-order chi connectivity index (χ0) is 9.10. The van der Waals surface area contributed by atoms with Crippen LogP contribution in [0.15, 0.2) is 11.0 Å². The fraction of sp³-hybridized carbons (Fsp3) is 0.727. The molecule has 72 valence electrons. The fourth-order valence-electron chi connectivity index (χ4n) is 2.16. The summed E-state index contributed by atoms with van der Waals surface area (Å²) >= 11 is 1.91. The highest BCUT2D eigenvalue weighted by Gasteiger charge is 2.21. The second-order valence-electron chi connectivity index (χ2n) is 3.95. The number of carbonyl (C=O) groups excluding carboxylic acids is 1. The average Bonchev–Trinajstić information content (AvgIpc) is 2.19. The molecule has 0 amide bonds. The van der Waals surface area contributed by atoms with E-state index in [1.54, 1.807) is 0 Å². The van der Waals surface area contributed by atoms with Crippen molar-refractivity contribution in [2.45, 2.75) is 38.5 Å². The Morgan fingerprint density at radius 3 is 2.69 bits per heavy atom. The van der Waals surface area contributed by atoms with Gasteiger partial charge in [0.2, 0.25) is 0 Å². The molecule has 0 radical (unpaired) electrons. The van der Waals surface area contributed by atoms with Gasteiger partial charge in [-0.3, -0.25) is 4.79 Å². The lowest BCUT2D eigenvalue weighted by atomic mass is 9.88. The minimum absolute atomic E-state index is 0.347. The smallest absolute Gasteiger partial charge is 0.157 e.